The molecule has 11 heavy (non-hydrogen) atoms. The van der Waals surface area contributed by atoms with Gasteiger partial charge in [0.2, 0.25) is 0 Å². The van der Waals surface area contributed by atoms with Gasteiger partial charge in [-0.05, 0) is 12.5 Å². The Hall–Kier alpha value is -0.630. The van der Waals surface area contributed by atoms with E-state index in [1.54, 1.807) is 6.08 Å². The van der Waals surface area contributed by atoms with Crippen molar-refractivity contribution in [2.24, 2.45) is 5.73 Å². The first-order chi connectivity index (χ1) is 5.27. The summed E-state index contributed by atoms with van der Waals surface area (Å²) in [5.41, 5.74) is 5.24. The summed E-state index contributed by atoms with van der Waals surface area (Å²) in [5.74, 6) is 0. The van der Waals surface area contributed by atoms with Crippen molar-refractivity contribution in [1.82, 2.24) is 0 Å². The summed E-state index contributed by atoms with van der Waals surface area (Å²) >= 11 is 4.65. The fraction of sp³-hybridized carbons (Fsp3) is 0.444. The Kier molecular flexibility index (Phi) is 7.05. The summed E-state index contributed by atoms with van der Waals surface area (Å²) < 4.78 is 0. The molecule has 0 radical (unpaired) electrons. The lowest BCUT2D eigenvalue weighted by molar-refractivity contribution is 0.815. The molecule has 0 atom stereocenters. The predicted octanol–water partition coefficient (Wildman–Crippen LogP) is 2.58. The van der Waals surface area contributed by atoms with E-state index < -0.39 is 0 Å². The Morgan fingerprint density at radius 3 is 2.73 bits per heavy atom. The normalized spacial score (nSPS) is 11.4. The highest BCUT2D eigenvalue weighted by molar-refractivity contribution is 7.80. The van der Waals surface area contributed by atoms with Crippen molar-refractivity contribution >= 4 is 17.2 Å². The van der Waals surface area contributed by atoms with Crippen LogP contribution in [0.2, 0.25) is 0 Å². The summed E-state index contributed by atoms with van der Waals surface area (Å²) in [6.45, 7) is 2.18. The molecule has 62 valence electrons. The zero-order chi connectivity index (χ0) is 8.53. The Morgan fingerprint density at radius 2 is 2.18 bits per heavy atom. The van der Waals surface area contributed by atoms with Gasteiger partial charge in [0, 0.05) is 0 Å². The molecule has 0 unspecified atom stereocenters. The molecule has 0 bridgehead atoms. The third-order valence-corrected chi connectivity index (χ3v) is 1.37. The standard InChI is InChI=1S/C9H15NS/c1-2-3-4-5-6-7-8-9(10)11/h5-8H,2-4H2,1H3,(H2,10,11). The Morgan fingerprint density at radius 1 is 1.45 bits per heavy atom. The molecule has 0 aromatic rings. The number of thiocarbonyl (C=S) groups is 1. The molecule has 0 rings (SSSR count). The minimum Gasteiger partial charge on any atom is -0.390 e. The highest BCUT2D eigenvalue weighted by Gasteiger charge is 1.76. The molecule has 0 aliphatic rings. The van der Waals surface area contributed by atoms with Crippen molar-refractivity contribution < 1.29 is 0 Å². The van der Waals surface area contributed by atoms with E-state index in [1.807, 2.05) is 12.2 Å². The molecular formula is C9H15NS. The topological polar surface area (TPSA) is 26.0 Å². The fourth-order valence-electron chi connectivity index (χ4n) is 0.647. The van der Waals surface area contributed by atoms with Gasteiger partial charge in [0.05, 0.1) is 4.99 Å². The van der Waals surface area contributed by atoms with E-state index in [-0.39, 0.29) is 0 Å². The van der Waals surface area contributed by atoms with Gasteiger partial charge in [-0.25, -0.2) is 0 Å². The van der Waals surface area contributed by atoms with Crippen LogP contribution in [0.15, 0.2) is 24.3 Å². The van der Waals surface area contributed by atoms with Crippen LogP contribution in [0.5, 0.6) is 0 Å². The van der Waals surface area contributed by atoms with Crippen molar-refractivity contribution in [1.29, 1.82) is 0 Å². The number of hydrogen-bond donors (Lipinski definition) is 1. The van der Waals surface area contributed by atoms with E-state index in [1.165, 1.54) is 12.8 Å². The lowest BCUT2D eigenvalue weighted by Gasteiger charge is -1.85. The lowest BCUT2D eigenvalue weighted by atomic mass is 10.2. The summed E-state index contributed by atoms with van der Waals surface area (Å²) in [4.78, 5) is 0.435. The van der Waals surface area contributed by atoms with Crippen molar-refractivity contribution in [3.05, 3.63) is 24.3 Å². The third-order valence-electron chi connectivity index (χ3n) is 1.23. The quantitative estimate of drug-likeness (QED) is 0.296. The Bertz CT molecular complexity index is 159. The van der Waals surface area contributed by atoms with Crippen LogP contribution in [0.25, 0.3) is 0 Å². The van der Waals surface area contributed by atoms with Gasteiger partial charge in [-0.3, -0.25) is 0 Å². The zero-order valence-electron chi connectivity index (χ0n) is 6.92. The van der Waals surface area contributed by atoms with Crippen LogP contribution in [0.1, 0.15) is 26.2 Å². The van der Waals surface area contributed by atoms with Gasteiger partial charge < -0.3 is 5.73 Å². The minimum atomic E-state index is 0.435. The number of nitrogens with two attached hydrogens (primary N) is 1. The first-order valence-electron chi connectivity index (χ1n) is 3.90. The van der Waals surface area contributed by atoms with Crippen LogP contribution in [0, 0.1) is 0 Å². The van der Waals surface area contributed by atoms with Crippen molar-refractivity contribution in [2.45, 2.75) is 26.2 Å². The molecule has 0 amide bonds. The molecular weight excluding hydrogens is 154 g/mol. The van der Waals surface area contributed by atoms with E-state index in [2.05, 4.69) is 25.2 Å². The predicted molar refractivity (Wildman–Crippen MR) is 54.6 cm³/mol. The Balaban J connectivity index is 3.36. The largest absolute Gasteiger partial charge is 0.390 e. The second kappa shape index (κ2) is 7.48. The molecule has 0 saturated heterocycles. The third kappa shape index (κ3) is 9.37. The number of rotatable bonds is 5. The summed E-state index contributed by atoms with van der Waals surface area (Å²) in [5, 5.41) is 0. The van der Waals surface area contributed by atoms with Gasteiger partial charge in [-0.1, -0.05) is 50.2 Å². The maximum absolute atomic E-state index is 5.24. The second-order valence-electron chi connectivity index (χ2n) is 2.33. The minimum absolute atomic E-state index is 0.435. The van der Waals surface area contributed by atoms with E-state index >= 15 is 0 Å². The second-order valence-corrected chi connectivity index (χ2v) is 2.80. The van der Waals surface area contributed by atoms with Gasteiger partial charge in [-0.15, -0.1) is 0 Å². The van der Waals surface area contributed by atoms with E-state index in [0.29, 0.717) is 4.99 Å². The summed E-state index contributed by atoms with van der Waals surface area (Å²) in [6, 6.07) is 0. The van der Waals surface area contributed by atoms with Crippen LogP contribution in [0.4, 0.5) is 0 Å². The van der Waals surface area contributed by atoms with Gasteiger partial charge in [0.15, 0.2) is 0 Å². The monoisotopic (exact) mass is 169 g/mol. The number of allylic oxidation sites excluding steroid dienone is 3. The molecule has 1 nitrogen and oxygen atoms in total. The summed E-state index contributed by atoms with van der Waals surface area (Å²) in [7, 11) is 0. The van der Waals surface area contributed by atoms with Crippen LogP contribution in [-0.2, 0) is 0 Å². The van der Waals surface area contributed by atoms with Gasteiger partial charge >= 0.3 is 0 Å². The zero-order valence-corrected chi connectivity index (χ0v) is 7.73. The highest BCUT2D eigenvalue weighted by Crippen LogP contribution is 1.94. The molecule has 0 aliphatic carbocycles. The first-order valence-corrected chi connectivity index (χ1v) is 4.31. The molecule has 0 aliphatic heterocycles. The average molecular weight is 169 g/mol. The highest BCUT2D eigenvalue weighted by atomic mass is 32.1. The lowest BCUT2D eigenvalue weighted by Crippen LogP contribution is -2.01. The molecule has 0 aromatic carbocycles. The molecule has 0 fully saturated rings. The van der Waals surface area contributed by atoms with Crippen LogP contribution < -0.4 is 5.73 Å². The van der Waals surface area contributed by atoms with Crippen molar-refractivity contribution in [2.75, 3.05) is 0 Å². The van der Waals surface area contributed by atoms with E-state index in [0.717, 1.165) is 6.42 Å². The van der Waals surface area contributed by atoms with Crippen LogP contribution in [-0.4, -0.2) is 4.99 Å². The SMILES string of the molecule is CCCCC=CC=CC(N)=S. The van der Waals surface area contributed by atoms with E-state index in [9.17, 15) is 0 Å². The van der Waals surface area contributed by atoms with E-state index in [4.69, 9.17) is 5.73 Å². The average Bonchev–Trinajstić information content (AvgIpc) is 1.96. The maximum Gasteiger partial charge on any atom is 0.0961 e. The fourth-order valence-corrected chi connectivity index (χ4v) is 0.726. The Labute approximate surface area is 74.0 Å². The number of unbranched alkanes of at least 4 members (excludes halogenated alkanes) is 2. The van der Waals surface area contributed by atoms with Gasteiger partial charge in [0.25, 0.3) is 0 Å². The molecule has 0 saturated carbocycles. The first kappa shape index (κ1) is 10.4. The van der Waals surface area contributed by atoms with Gasteiger partial charge in [0.1, 0.15) is 0 Å². The summed E-state index contributed by atoms with van der Waals surface area (Å²) in [6.07, 6.45) is 11.3. The molecule has 0 spiro atoms. The van der Waals surface area contributed by atoms with Crippen LogP contribution >= 0.6 is 12.2 Å². The molecule has 0 aromatic heterocycles. The molecule has 2 N–H and O–H groups in total. The molecule has 2 heteroatoms. The van der Waals surface area contributed by atoms with Crippen molar-refractivity contribution in [3.63, 3.8) is 0 Å². The van der Waals surface area contributed by atoms with Crippen LogP contribution in [0.3, 0.4) is 0 Å². The van der Waals surface area contributed by atoms with Crippen molar-refractivity contribution in [3.8, 4) is 0 Å². The maximum atomic E-state index is 5.24. The smallest absolute Gasteiger partial charge is 0.0961 e. The molecule has 0 heterocycles. The van der Waals surface area contributed by atoms with Gasteiger partial charge in [-0.2, -0.15) is 0 Å². The number of hydrogen-bond acceptors (Lipinski definition) is 1.